The van der Waals surface area contributed by atoms with E-state index in [9.17, 15) is 4.79 Å². The van der Waals surface area contributed by atoms with Crippen LogP contribution in [0.1, 0.15) is 65.5 Å². The summed E-state index contributed by atoms with van der Waals surface area (Å²) in [7, 11) is 1.72. The van der Waals surface area contributed by atoms with E-state index in [4.69, 9.17) is 4.74 Å². The van der Waals surface area contributed by atoms with Crippen LogP contribution in [0.4, 0.5) is 4.79 Å². The lowest BCUT2D eigenvalue weighted by molar-refractivity contribution is 0.0474. The van der Waals surface area contributed by atoms with Gasteiger partial charge in [0.25, 0.3) is 0 Å². The number of hydrogen-bond acceptors (Lipinski definition) is 5. The number of ether oxygens (including phenoxy) is 1. The topological polar surface area (TPSA) is 105 Å². The quantitative estimate of drug-likeness (QED) is 0.522. The van der Waals surface area contributed by atoms with Gasteiger partial charge in [-0.25, -0.2) is 4.79 Å². The Bertz CT molecular complexity index is 689. The van der Waals surface area contributed by atoms with Crippen molar-refractivity contribution in [1.29, 1.82) is 0 Å². The third-order valence-electron chi connectivity index (χ3n) is 4.36. The molecular formula is C19H35N7O2. The number of carbonyl (C=O) groups excluding carboxylic acids is 1. The smallest absolute Gasteiger partial charge is 0.408 e. The van der Waals surface area contributed by atoms with E-state index in [0.717, 1.165) is 31.0 Å². The van der Waals surface area contributed by atoms with Gasteiger partial charge in [0.1, 0.15) is 11.4 Å². The highest BCUT2D eigenvalue weighted by molar-refractivity contribution is 5.79. The number of hydrogen-bond donors (Lipinski definition) is 3. The number of aliphatic imine (C=N–C) groups is 1. The first kappa shape index (κ1) is 22.0. The van der Waals surface area contributed by atoms with Gasteiger partial charge in [-0.1, -0.05) is 6.42 Å². The third-order valence-corrected chi connectivity index (χ3v) is 4.36. The molecule has 9 nitrogen and oxygen atoms in total. The number of nitrogens with zero attached hydrogens (tertiary/aromatic N) is 4. The van der Waals surface area contributed by atoms with Crippen molar-refractivity contribution in [3.63, 3.8) is 0 Å². The van der Waals surface area contributed by atoms with Gasteiger partial charge in [-0.05, 0) is 47.5 Å². The summed E-state index contributed by atoms with van der Waals surface area (Å²) in [5.41, 5.74) is -1.03. The van der Waals surface area contributed by atoms with Crippen LogP contribution in [0, 0.1) is 0 Å². The van der Waals surface area contributed by atoms with Gasteiger partial charge in [0.05, 0.1) is 12.1 Å². The highest BCUT2D eigenvalue weighted by atomic mass is 16.6. The fraction of sp³-hybridized carbons (Fsp3) is 0.789. The molecular weight excluding hydrogens is 358 g/mol. The summed E-state index contributed by atoms with van der Waals surface area (Å²) in [5.74, 6) is 2.64. The Balaban J connectivity index is 1.84. The largest absolute Gasteiger partial charge is 0.444 e. The summed E-state index contributed by atoms with van der Waals surface area (Å²) in [4.78, 5) is 16.3. The van der Waals surface area contributed by atoms with E-state index in [2.05, 4.69) is 35.7 Å². The third kappa shape index (κ3) is 7.01. The number of fused-ring (bicyclic) bond motifs is 1. The molecule has 3 N–H and O–H groups in total. The molecule has 2 rings (SSSR count). The predicted octanol–water partition coefficient (Wildman–Crippen LogP) is 1.97. The number of rotatable bonds is 5. The second kappa shape index (κ2) is 9.25. The van der Waals surface area contributed by atoms with Crippen LogP contribution in [0.25, 0.3) is 0 Å². The molecule has 1 aromatic heterocycles. The van der Waals surface area contributed by atoms with Gasteiger partial charge < -0.3 is 25.3 Å². The molecule has 28 heavy (non-hydrogen) atoms. The van der Waals surface area contributed by atoms with E-state index in [1.54, 1.807) is 7.05 Å². The van der Waals surface area contributed by atoms with Crippen molar-refractivity contribution in [1.82, 2.24) is 30.7 Å². The molecule has 1 amide bonds. The standard InChI is InChI=1S/C19H35N7O2/c1-18(2,3)28-17(27)23-19(4,5)13-22-16(20-6)21-12-15-25-24-14-10-8-7-9-11-26(14)15/h7-13H2,1-6H3,(H,23,27)(H2,20,21,22). The van der Waals surface area contributed by atoms with Crippen LogP contribution in [-0.2, 0) is 24.2 Å². The lowest BCUT2D eigenvalue weighted by Crippen LogP contribution is -2.54. The van der Waals surface area contributed by atoms with Crippen LogP contribution < -0.4 is 16.0 Å². The number of alkyl carbamates (subject to hydrolysis) is 1. The Morgan fingerprint density at radius 3 is 2.57 bits per heavy atom. The van der Waals surface area contributed by atoms with Crippen LogP contribution in [0.3, 0.4) is 0 Å². The maximum absolute atomic E-state index is 12.0. The average Bonchev–Trinajstić information content (AvgIpc) is 2.80. The van der Waals surface area contributed by atoms with Crippen molar-refractivity contribution in [2.75, 3.05) is 13.6 Å². The van der Waals surface area contributed by atoms with Crippen LogP contribution in [0.15, 0.2) is 4.99 Å². The fourth-order valence-electron chi connectivity index (χ4n) is 2.99. The van der Waals surface area contributed by atoms with E-state index in [1.165, 1.54) is 12.8 Å². The zero-order valence-corrected chi connectivity index (χ0v) is 18.1. The van der Waals surface area contributed by atoms with Crippen molar-refractivity contribution in [3.8, 4) is 0 Å². The number of nitrogens with one attached hydrogen (secondary N) is 3. The Kier molecular flexibility index (Phi) is 7.26. The molecule has 1 aliphatic rings. The highest BCUT2D eigenvalue weighted by Gasteiger charge is 2.25. The lowest BCUT2D eigenvalue weighted by Gasteiger charge is -2.29. The predicted molar refractivity (Wildman–Crippen MR) is 109 cm³/mol. The summed E-state index contributed by atoms with van der Waals surface area (Å²) in [6.07, 6.45) is 4.13. The van der Waals surface area contributed by atoms with Crippen molar-refractivity contribution < 1.29 is 9.53 Å². The maximum atomic E-state index is 12.0. The zero-order chi connectivity index (χ0) is 20.8. The second-order valence-electron chi connectivity index (χ2n) is 8.78. The molecule has 1 aliphatic heterocycles. The second-order valence-corrected chi connectivity index (χ2v) is 8.78. The van der Waals surface area contributed by atoms with Crippen molar-refractivity contribution in [2.45, 2.75) is 84.5 Å². The summed E-state index contributed by atoms with van der Waals surface area (Å²) in [6.45, 7) is 11.4. The molecule has 0 saturated heterocycles. The molecule has 0 atom stereocenters. The molecule has 0 saturated carbocycles. The average molecular weight is 394 g/mol. The Labute approximate surface area is 167 Å². The number of aryl methyl sites for hydroxylation is 1. The fourth-order valence-corrected chi connectivity index (χ4v) is 2.99. The summed E-state index contributed by atoms with van der Waals surface area (Å²) >= 11 is 0. The minimum absolute atomic E-state index is 0.437. The molecule has 0 unspecified atom stereocenters. The van der Waals surface area contributed by atoms with E-state index in [1.807, 2.05) is 34.6 Å². The van der Waals surface area contributed by atoms with Crippen molar-refractivity contribution in [2.24, 2.45) is 4.99 Å². The summed E-state index contributed by atoms with van der Waals surface area (Å²) < 4.78 is 7.53. The van der Waals surface area contributed by atoms with E-state index in [0.29, 0.717) is 19.0 Å². The molecule has 0 radical (unpaired) electrons. The van der Waals surface area contributed by atoms with Crippen LogP contribution >= 0.6 is 0 Å². The first-order valence-corrected chi connectivity index (χ1v) is 9.96. The number of carbonyl (C=O) groups is 1. The van der Waals surface area contributed by atoms with Crippen LogP contribution in [0.5, 0.6) is 0 Å². The normalized spacial score (nSPS) is 15.4. The van der Waals surface area contributed by atoms with Gasteiger partial charge in [0.2, 0.25) is 0 Å². The van der Waals surface area contributed by atoms with Crippen molar-refractivity contribution >= 4 is 12.1 Å². The van der Waals surface area contributed by atoms with Gasteiger partial charge >= 0.3 is 6.09 Å². The summed E-state index contributed by atoms with van der Waals surface area (Å²) in [6, 6.07) is 0. The molecule has 9 heteroatoms. The minimum Gasteiger partial charge on any atom is -0.444 e. The molecule has 0 aliphatic carbocycles. The minimum atomic E-state index is -0.526. The molecule has 0 aromatic carbocycles. The Hall–Kier alpha value is -2.32. The summed E-state index contributed by atoms with van der Waals surface area (Å²) in [5, 5.41) is 18.0. The first-order valence-electron chi connectivity index (χ1n) is 9.96. The molecule has 0 fully saturated rings. The van der Waals surface area contributed by atoms with Crippen molar-refractivity contribution in [3.05, 3.63) is 11.6 Å². The lowest BCUT2D eigenvalue weighted by atomic mass is 10.1. The molecule has 0 spiro atoms. The van der Waals surface area contributed by atoms with Gasteiger partial charge in [0, 0.05) is 26.6 Å². The molecule has 0 bridgehead atoms. The molecule has 158 valence electrons. The highest BCUT2D eigenvalue weighted by Crippen LogP contribution is 2.14. The maximum Gasteiger partial charge on any atom is 0.408 e. The first-order chi connectivity index (χ1) is 13.1. The zero-order valence-electron chi connectivity index (χ0n) is 18.1. The van der Waals surface area contributed by atoms with Crippen LogP contribution in [0.2, 0.25) is 0 Å². The van der Waals surface area contributed by atoms with Gasteiger partial charge in [-0.15, -0.1) is 10.2 Å². The van der Waals surface area contributed by atoms with E-state index < -0.39 is 17.2 Å². The monoisotopic (exact) mass is 393 g/mol. The van der Waals surface area contributed by atoms with Gasteiger partial charge in [-0.2, -0.15) is 0 Å². The molecule has 1 aromatic rings. The number of guanidine groups is 1. The van der Waals surface area contributed by atoms with E-state index >= 15 is 0 Å². The number of aromatic nitrogens is 3. The van der Waals surface area contributed by atoms with Gasteiger partial charge in [-0.3, -0.25) is 4.99 Å². The Morgan fingerprint density at radius 1 is 1.14 bits per heavy atom. The number of amides is 1. The van der Waals surface area contributed by atoms with Crippen LogP contribution in [-0.4, -0.2) is 51.5 Å². The Morgan fingerprint density at radius 2 is 1.89 bits per heavy atom. The van der Waals surface area contributed by atoms with E-state index in [-0.39, 0.29) is 0 Å². The van der Waals surface area contributed by atoms with Gasteiger partial charge in [0.15, 0.2) is 11.8 Å². The molecule has 2 heterocycles. The SMILES string of the molecule is CN=C(NCc1nnc2n1CCCCC2)NCC(C)(C)NC(=O)OC(C)(C)C.